The Balaban J connectivity index is 2.05. The molecule has 1 aromatic heterocycles. The summed E-state index contributed by atoms with van der Waals surface area (Å²) in [7, 11) is 1.67. The predicted molar refractivity (Wildman–Crippen MR) is 63.4 cm³/mol. The fourth-order valence-electron chi connectivity index (χ4n) is 1.32. The maximum atomic E-state index is 5.34. The molecule has 16 heavy (non-hydrogen) atoms. The molecule has 0 aliphatic carbocycles. The molecule has 90 valence electrons. The zero-order chi connectivity index (χ0) is 11.6. The third kappa shape index (κ3) is 5.21. The lowest BCUT2D eigenvalue weighted by Crippen LogP contribution is -2.20. The molecule has 0 aliphatic heterocycles. The second-order valence-electron chi connectivity index (χ2n) is 3.53. The van der Waals surface area contributed by atoms with Crippen LogP contribution in [0.25, 0.3) is 0 Å². The standard InChI is InChI=1S/C12H20N2O2/c1-11-12(4-3-5-14-11)10-13-6-7-16-9-8-15-2/h3-5,13H,6-10H2,1-2H3. The van der Waals surface area contributed by atoms with Crippen LogP contribution in [0.1, 0.15) is 11.3 Å². The molecule has 0 atom stereocenters. The van der Waals surface area contributed by atoms with Crippen LogP contribution < -0.4 is 5.32 Å². The molecule has 0 amide bonds. The number of ether oxygens (including phenoxy) is 2. The van der Waals surface area contributed by atoms with Gasteiger partial charge in [-0.05, 0) is 18.6 Å². The average molecular weight is 224 g/mol. The van der Waals surface area contributed by atoms with Crippen molar-refractivity contribution < 1.29 is 9.47 Å². The van der Waals surface area contributed by atoms with Gasteiger partial charge < -0.3 is 14.8 Å². The molecular weight excluding hydrogens is 204 g/mol. The third-order valence-electron chi connectivity index (χ3n) is 2.29. The lowest BCUT2D eigenvalue weighted by Gasteiger charge is -2.07. The van der Waals surface area contributed by atoms with Gasteiger partial charge in [-0.15, -0.1) is 0 Å². The Morgan fingerprint density at radius 3 is 2.94 bits per heavy atom. The zero-order valence-corrected chi connectivity index (χ0v) is 10.0. The summed E-state index contributed by atoms with van der Waals surface area (Å²) in [4.78, 5) is 4.23. The van der Waals surface area contributed by atoms with Crippen LogP contribution in [-0.2, 0) is 16.0 Å². The second-order valence-corrected chi connectivity index (χ2v) is 3.53. The third-order valence-corrected chi connectivity index (χ3v) is 2.29. The highest BCUT2D eigenvalue weighted by molar-refractivity contribution is 5.17. The Bertz CT molecular complexity index is 292. The Hall–Kier alpha value is -0.970. The number of rotatable bonds is 8. The number of pyridine rings is 1. The van der Waals surface area contributed by atoms with E-state index in [4.69, 9.17) is 9.47 Å². The van der Waals surface area contributed by atoms with E-state index in [1.807, 2.05) is 19.2 Å². The number of aromatic nitrogens is 1. The van der Waals surface area contributed by atoms with Crippen molar-refractivity contribution in [1.82, 2.24) is 10.3 Å². The van der Waals surface area contributed by atoms with Gasteiger partial charge in [0.25, 0.3) is 0 Å². The summed E-state index contributed by atoms with van der Waals surface area (Å²) in [6.45, 7) is 5.73. The van der Waals surface area contributed by atoms with Gasteiger partial charge in [-0.2, -0.15) is 0 Å². The van der Waals surface area contributed by atoms with Crippen LogP contribution >= 0.6 is 0 Å². The van der Waals surface area contributed by atoms with Gasteiger partial charge in [0.05, 0.1) is 19.8 Å². The molecule has 0 spiro atoms. The molecule has 1 aromatic rings. The molecule has 0 aliphatic rings. The van der Waals surface area contributed by atoms with E-state index in [1.54, 1.807) is 7.11 Å². The van der Waals surface area contributed by atoms with Crippen molar-refractivity contribution in [3.63, 3.8) is 0 Å². The smallest absolute Gasteiger partial charge is 0.0700 e. The van der Waals surface area contributed by atoms with E-state index in [9.17, 15) is 0 Å². The summed E-state index contributed by atoms with van der Waals surface area (Å²) >= 11 is 0. The summed E-state index contributed by atoms with van der Waals surface area (Å²) in [5.74, 6) is 0. The molecule has 1 rings (SSSR count). The van der Waals surface area contributed by atoms with Crippen molar-refractivity contribution in [2.45, 2.75) is 13.5 Å². The van der Waals surface area contributed by atoms with Crippen molar-refractivity contribution in [2.75, 3.05) is 33.5 Å². The summed E-state index contributed by atoms with van der Waals surface area (Å²) in [5, 5.41) is 3.31. The molecule has 1 N–H and O–H groups in total. The number of nitrogens with zero attached hydrogens (tertiary/aromatic N) is 1. The van der Waals surface area contributed by atoms with Gasteiger partial charge in [0, 0.05) is 32.1 Å². The molecule has 0 unspecified atom stereocenters. The minimum Gasteiger partial charge on any atom is -0.382 e. The Labute approximate surface area is 97.0 Å². The van der Waals surface area contributed by atoms with Crippen LogP contribution in [0.2, 0.25) is 0 Å². The van der Waals surface area contributed by atoms with Crippen LogP contribution in [0.5, 0.6) is 0 Å². The number of aryl methyl sites for hydroxylation is 1. The minimum absolute atomic E-state index is 0.654. The summed E-state index contributed by atoms with van der Waals surface area (Å²) in [5.41, 5.74) is 2.31. The maximum absolute atomic E-state index is 5.34. The lowest BCUT2D eigenvalue weighted by molar-refractivity contribution is 0.0719. The van der Waals surface area contributed by atoms with Crippen LogP contribution in [0.15, 0.2) is 18.3 Å². The maximum Gasteiger partial charge on any atom is 0.0700 e. The first kappa shape index (κ1) is 13.1. The van der Waals surface area contributed by atoms with Crippen molar-refractivity contribution >= 4 is 0 Å². The fourth-order valence-corrected chi connectivity index (χ4v) is 1.32. The van der Waals surface area contributed by atoms with E-state index in [-0.39, 0.29) is 0 Å². The molecule has 0 fully saturated rings. The summed E-state index contributed by atoms with van der Waals surface area (Å²) in [6, 6.07) is 4.04. The Kier molecular flexibility index (Phi) is 6.72. The predicted octanol–water partition coefficient (Wildman–Crippen LogP) is 1.14. The van der Waals surface area contributed by atoms with E-state index in [2.05, 4.69) is 16.4 Å². The number of hydrogen-bond donors (Lipinski definition) is 1. The zero-order valence-electron chi connectivity index (χ0n) is 10.0. The summed E-state index contributed by atoms with van der Waals surface area (Å²) in [6.07, 6.45) is 1.81. The topological polar surface area (TPSA) is 43.4 Å². The van der Waals surface area contributed by atoms with E-state index in [1.165, 1.54) is 5.56 Å². The number of nitrogens with one attached hydrogen (secondary N) is 1. The molecule has 0 bridgehead atoms. The van der Waals surface area contributed by atoms with Gasteiger partial charge >= 0.3 is 0 Å². The van der Waals surface area contributed by atoms with Crippen molar-refractivity contribution in [3.8, 4) is 0 Å². The van der Waals surface area contributed by atoms with Gasteiger partial charge in [-0.25, -0.2) is 0 Å². The molecule has 1 heterocycles. The van der Waals surface area contributed by atoms with Crippen LogP contribution in [0, 0.1) is 6.92 Å². The number of hydrogen-bond acceptors (Lipinski definition) is 4. The first-order valence-corrected chi connectivity index (χ1v) is 5.52. The first-order valence-electron chi connectivity index (χ1n) is 5.52. The minimum atomic E-state index is 0.654. The molecule has 4 heteroatoms. The van der Waals surface area contributed by atoms with E-state index < -0.39 is 0 Å². The van der Waals surface area contributed by atoms with E-state index >= 15 is 0 Å². The van der Waals surface area contributed by atoms with Gasteiger partial charge in [-0.1, -0.05) is 6.07 Å². The van der Waals surface area contributed by atoms with Crippen LogP contribution in [0.4, 0.5) is 0 Å². The van der Waals surface area contributed by atoms with Crippen LogP contribution in [-0.4, -0.2) is 38.5 Å². The average Bonchev–Trinajstić information content (AvgIpc) is 2.30. The first-order chi connectivity index (χ1) is 7.84. The molecule has 0 saturated heterocycles. The van der Waals surface area contributed by atoms with Crippen molar-refractivity contribution in [3.05, 3.63) is 29.6 Å². The highest BCUT2D eigenvalue weighted by Crippen LogP contribution is 2.01. The Morgan fingerprint density at radius 1 is 1.31 bits per heavy atom. The molecule has 0 saturated carbocycles. The highest BCUT2D eigenvalue weighted by Gasteiger charge is 1.96. The van der Waals surface area contributed by atoms with Crippen molar-refractivity contribution in [2.24, 2.45) is 0 Å². The quantitative estimate of drug-likeness (QED) is 0.673. The van der Waals surface area contributed by atoms with E-state index in [0.717, 1.165) is 18.8 Å². The second kappa shape index (κ2) is 8.21. The molecule has 0 radical (unpaired) electrons. The SMILES string of the molecule is COCCOCCNCc1cccnc1C. The van der Waals surface area contributed by atoms with Crippen molar-refractivity contribution in [1.29, 1.82) is 0 Å². The summed E-state index contributed by atoms with van der Waals surface area (Å²) < 4.78 is 10.2. The normalized spacial score (nSPS) is 10.6. The Morgan fingerprint density at radius 2 is 2.19 bits per heavy atom. The monoisotopic (exact) mass is 224 g/mol. The largest absolute Gasteiger partial charge is 0.382 e. The molecule has 4 nitrogen and oxygen atoms in total. The fraction of sp³-hybridized carbons (Fsp3) is 0.583. The molecule has 0 aromatic carbocycles. The lowest BCUT2D eigenvalue weighted by atomic mass is 10.2. The van der Waals surface area contributed by atoms with Gasteiger partial charge in [0.1, 0.15) is 0 Å². The highest BCUT2D eigenvalue weighted by atomic mass is 16.5. The number of methoxy groups -OCH3 is 1. The van der Waals surface area contributed by atoms with Crippen LogP contribution in [0.3, 0.4) is 0 Å². The molecular formula is C12H20N2O2. The van der Waals surface area contributed by atoms with Gasteiger partial charge in [0.15, 0.2) is 0 Å². The van der Waals surface area contributed by atoms with Gasteiger partial charge in [0.2, 0.25) is 0 Å². The van der Waals surface area contributed by atoms with Gasteiger partial charge in [-0.3, -0.25) is 4.98 Å². The van der Waals surface area contributed by atoms with E-state index in [0.29, 0.717) is 19.8 Å².